The van der Waals surface area contributed by atoms with Crippen molar-refractivity contribution in [2.75, 3.05) is 20.2 Å². The highest BCUT2D eigenvalue weighted by molar-refractivity contribution is 5.90. The molecule has 0 saturated carbocycles. The van der Waals surface area contributed by atoms with E-state index in [2.05, 4.69) is 54.8 Å². The molecular formula is C37H46N8O6. The smallest absolute Gasteiger partial charge is 0.407 e. The number of ether oxygens (including phenoxy) is 1. The predicted molar refractivity (Wildman–Crippen MR) is 190 cm³/mol. The molecule has 4 aromatic rings. The van der Waals surface area contributed by atoms with E-state index in [-0.39, 0.29) is 35.7 Å². The highest BCUT2D eigenvalue weighted by Crippen LogP contribution is 2.35. The summed E-state index contributed by atoms with van der Waals surface area (Å²) in [7, 11) is 1.28. The molecule has 0 aliphatic carbocycles. The van der Waals surface area contributed by atoms with E-state index >= 15 is 0 Å². The number of H-pyrrole nitrogens is 2. The van der Waals surface area contributed by atoms with Gasteiger partial charge in [-0.2, -0.15) is 0 Å². The fraction of sp³-hybridized carbons (Fsp3) is 0.459. The molecular weight excluding hydrogens is 652 g/mol. The van der Waals surface area contributed by atoms with E-state index in [0.717, 1.165) is 59.0 Å². The first-order valence-electron chi connectivity index (χ1n) is 17.5. The standard InChI is InChI=1S/C37H46N8O6/c1-20(2)30(42-36(48)49)34(46)44-14-6-8-28(44)32-38-18-26(40-32)24-12-10-23-17-25(13-11-22(23)16-24)27-19-39-33(41-27)29-9-7-15-45(29)35(47)31(21(3)4)43-37(50)51-5/h10-13,16-21,28-31,42H,6-9,14-15H2,1-5H3,(H,38,40)(H,39,41)(H,43,50)(H,48,49)/t28-,29-,30-,31-/m0/s1. The Morgan fingerprint density at radius 1 is 0.765 bits per heavy atom. The normalized spacial score (nSPS) is 18.7. The number of aromatic nitrogens is 4. The van der Waals surface area contributed by atoms with Crippen molar-refractivity contribution < 1.29 is 29.0 Å². The summed E-state index contributed by atoms with van der Waals surface area (Å²) >= 11 is 0. The molecule has 0 bridgehead atoms. The number of alkyl carbamates (subject to hydrolysis) is 1. The van der Waals surface area contributed by atoms with Crippen LogP contribution in [0.2, 0.25) is 0 Å². The van der Waals surface area contributed by atoms with Crippen molar-refractivity contribution in [3.8, 4) is 22.5 Å². The number of carbonyl (C=O) groups is 4. The monoisotopic (exact) mass is 698 g/mol. The number of fused-ring (bicyclic) bond motifs is 1. The molecule has 4 atom stereocenters. The number of carbonyl (C=O) groups excluding carboxylic acids is 3. The second-order valence-electron chi connectivity index (χ2n) is 14.0. The Balaban J connectivity index is 1.17. The number of methoxy groups -OCH3 is 1. The van der Waals surface area contributed by atoms with Crippen LogP contribution in [0.3, 0.4) is 0 Å². The number of aromatic amines is 2. The topological polar surface area (TPSA) is 186 Å². The van der Waals surface area contributed by atoms with E-state index in [4.69, 9.17) is 4.74 Å². The second-order valence-corrected chi connectivity index (χ2v) is 14.0. The third kappa shape index (κ3) is 7.40. The lowest BCUT2D eigenvalue weighted by atomic mass is 10.0. The molecule has 51 heavy (non-hydrogen) atoms. The van der Waals surface area contributed by atoms with Crippen LogP contribution in [-0.4, -0.2) is 91.1 Å². The molecule has 14 nitrogen and oxygen atoms in total. The van der Waals surface area contributed by atoms with E-state index in [1.807, 2.05) is 39.8 Å². The summed E-state index contributed by atoms with van der Waals surface area (Å²) in [6.07, 6.45) is 4.89. The molecule has 2 aliphatic rings. The van der Waals surface area contributed by atoms with Crippen molar-refractivity contribution in [1.29, 1.82) is 0 Å². The number of imidazole rings is 2. The Hall–Kier alpha value is -5.40. The molecule has 0 radical (unpaired) electrons. The Kier molecular flexibility index (Phi) is 10.3. The van der Waals surface area contributed by atoms with Crippen molar-refractivity contribution in [2.24, 2.45) is 11.8 Å². The van der Waals surface area contributed by atoms with Crippen LogP contribution in [0.15, 0.2) is 48.8 Å². The summed E-state index contributed by atoms with van der Waals surface area (Å²) in [6, 6.07) is 10.4. The van der Waals surface area contributed by atoms with E-state index < -0.39 is 24.3 Å². The van der Waals surface area contributed by atoms with E-state index in [0.29, 0.717) is 24.7 Å². The summed E-state index contributed by atoms with van der Waals surface area (Å²) < 4.78 is 4.75. The van der Waals surface area contributed by atoms with E-state index in [9.17, 15) is 24.3 Å². The van der Waals surface area contributed by atoms with Crippen LogP contribution in [0, 0.1) is 11.8 Å². The van der Waals surface area contributed by atoms with Crippen LogP contribution in [-0.2, 0) is 14.3 Å². The van der Waals surface area contributed by atoms with Crippen LogP contribution >= 0.6 is 0 Å². The Labute approximate surface area is 296 Å². The number of benzene rings is 2. The van der Waals surface area contributed by atoms with Crippen LogP contribution in [0.25, 0.3) is 33.3 Å². The molecule has 2 saturated heterocycles. The largest absolute Gasteiger partial charge is 0.465 e. The van der Waals surface area contributed by atoms with Gasteiger partial charge in [0.2, 0.25) is 11.8 Å². The van der Waals surface area contributed by atoms with Gasteiger partial charge in [-0.05, 0) is 60.4 Å². The Morgan fingerprint density at radius 3 is 1.63 bits per heavy atom. The number of carboxylic acid groups (broad SMARTS) is 1. The molecule has 0 unspecified atom stereocenters. The number of nitrogens with one attached hydrogen (secondary N) is 4. The summed E-state index contributed by atoms with van der Waals surface area (Å²) in [5.41, 5.74) is 3.59. The Morgan fingerprint density at radius 2 is 1.22 bits per heavy atom. The summed E-state index contributed by atoms with van der Waals surface area (Å²) in [6.45, 7) is 8.57. The fourth-order valence-electron chi connectivity index (χ4n) is 7.22. The van der Waals surface area contributed by atoms with Crippen molar-refractivity contribution in [3.63, 3.8) is 0 Å². The highest BCUT2D eigenvalue weighted by atomic mass is 16.5. The van der Waals surface area contributed by atoms with Gasteiger partial charge in [0.05, 0.1) is 43.0 Å². The number of hydrogen-bond acceptors (Lipinski definition) is 7. The maximum absolute atomic E-state index is 13.5. The van der Waals surface area contributed by atoms with Crippen molar-refractivity contribution >= 4 is 34.8 Å². The molecule has 2 fully saturated rings. The lowest BCUT2D eigenvalue weighted by Gasteiger charge is -2.30. The van der Waals surface area contributed by atoms with Gasteiger partial charge >= 0.3 is 12.2 Å². The molecule has 4 amide bonds. The minimum atomic E-state index is -1.22. The summed E-state index contributed by atoms with van der Waals surface area (Å²) in [4.78, 5) is 69.9. The van der Waals surface area contributed by atoms with E-state index in [1.54, 1.807) is 22.2 Å². The van der Waals surface area contributed by atoms with Gasteiger partial charge in [0, 0.05) is 24.2 Å². The van der Waals surface area contributed by atoms with Gasteiger partial charge in [-0.15, -0.1) is 0 Å². The van der Waals surface area contributed by atoms with Gasteiger partial charge in [0.1, 0.15) is 23.7 Å². The quantitative estimate of drug-likeness (QED) is 0.141. The first-order chi connectivity index (χ1) is 24.4. The van der Waals surface area contributed by atoms with Gasteiger partial charge in [0.15, 0.2) is 0 Å². The van der Waals surface area contributed by atoms with Crippen LogP contribution in [0.5, 0.6) is 0 Å². The molecule has 2 aromatic carbocycles. The fourth-order valence-corrected chi connectivity index (χ4v) is 7.22. The molecule has 0 spiro atoms. The van der Waals surface area contributed by atoms with Gasteiger partial charge in [-0.3, -0.25) is 9.59 Å². The second kappa shape index (κ2) is 14.8. The summed E-state index contributed by atoms with van der Waals surface area (Å²) in [5, 5.41) is 16.4. The first kappa shape index (κ1) is 35.4. The van der Waals surface area contributed by atoms with Crippen LogP contribution in [0.1, 0.15) is 77.1 Å². The average Bonchev–Trinajstić information content (AvgIpc) is 3.94. The number of hydrogen-bond donors (Lipinski definition) is 5. The molecule has 2 aromatic heterocycles. The maximum atomic E-state index is 13.5. The molecule has 5 N–H and O–H groups in total. The number of nitrogens with zero attached hydrogens (tertiary/aromatic N) is 4. The van der Waals surface area contributed by atoms with Crippen molar-refractivity contribution in [1.82, 2.24) is 40.4 Å². The molecule has 6 rings (SSSR count). The zero-order chi connectivity index (χ0) is 36.4. The summed E-state index contributed by atoms with van der Waals surface area (Å²) in [5.74, 6) is 0.705. The van der Waals surface area contributed by atoms with Crippen molar-refractivity contribution in [2.45, 2.75) is 77.5 Å². The zero-order valence-electron chi connectivity index (χ0n) is 29.6. The van der Waals surface area contributed by atoms with Gasteiger partial charge < -0.3 is 40.2 Å². The molecule has 14 heteroatoms. The Bertz CT molecular complexity index is 1920. The van der Waals surface area contributed by atoms with Gasteiger partial charge in [-0.25, -0.2) is 19.6 Å². The van der Waals surface area contributed by atoms with Crippen LogP contribution < -0.4 is 10.6 Å². The minimum Gasteiger partial charge on any atom is -0.465 e. The number of likely N-dealkylation sites (tertiary alicyclic amines) is 2. The lowest BCUT2D eigenvalue weighted by molar-refractivity contribution is -0.136. The molecule has 4 heterocycles. The van der Waals surface area contributed by atoms with Crippen molar-refractivity contribution in [3.05, 3.63) is 60.4 Å². The number of amides is 4. The SMILES string of the molecule is COC(=O)N[C@H](C(=O)N1CCC[C@H]1c1ncc(-c2ccc3cc(-c4cnc([C@@H]5CCCN5C(=O)[C@@H](NC(=O)O)C(C)C)[nH]4)ccc3c2)[nH]1)C(C)C. The zero-order valence-corrected chi connectivity index (χ0v) is 29.6. The lowest BCUT2D eigenvalue weighted by Crippen LogP contribution is -2.51. The average molecular weight is 699 g/mol. The first-order valence-corrected chi connectivity index (χ1v) is 17.5. The minimum absolute atomic E-state index is 0.112. The van der Waals surface area contributed by atoms with Gasteiger partial charge in [-0.1, -0.05) is 52.0 Å². The third-order valence-electron chi connectivity index (χ3n) is 9.96. The molecule has 2 aliphatic heterocycles. The predicted octanol–water partition coefficient (Wildman–Crippen LogP) is 5.62. The van der Waals surface area contributed by atoms with Crippen LogP contribution in [0.4, 0.5) is 9.59 Å². The third-order valence-corrected chi connectivity index (χ3v) is 9.96. The van der Waals surface area contributed by atoms with Gasteiger partial charge in [0.25, 0.3) is 0 Å². The maximum Gasteiger partial charge on any atom is 0.407 e. The number of rotatable bonds is 10. The highest BCUT2D eigenvalue weighted by Gasteiger charge is 2.39. The van der Waals surface area contributed by atoms with E-state index in [1.165, 1.54) is 7.11 Å². The molecule has 270 valence electrons.